The van der Waals surface area contributed by atoms with Crippen LogP contribution in [0.3, 0.4) is 0 Å². The summed E-state index contributed by atoms with van der Waals surface area (Å²) < 4.78 is 1.98. The Morgan fingerprint density at radius 1 is 0.486 bits per heavy atom. The Morgan fingerprint density at radius 3 is 1.76 bits per heavy atom. The smallest absolute Gasteiger partial charge is 0.160 e. The average molecular weight is 475 g/mol. The maximum atomic E-state index is 5.12. The minimum atomic E-state index is 0.691. The van der Waals surface area contributed by atoms with Gasteiger partial charge in [0.05, 0.1) is 22.5 Å². The van der Waals surface area contributed by atoms with Gasteiger partial charge in [0, 0.05) is 28.3 Å². The minimum Gasteiger partial charge on any atom is -0.239 e. The van der Waals surface area contributed by atoms with Crippen LogP contribution in [0.5, 0.6) is 0 Å². The second kappa shape index (κ2) is 8.85. The van der Waals surface area contributed by atoms with Gasteiger partial charge in [-0.2, -0.15) is 5.10 Å². The van der Waals surface area contributed by atoms with Gasteiger partial charge in [0.25, 0.3) is 0 Å². The van der Waals surface area contributed by atoms with E-state index in [4.69, 9.17) is 15.1 Å². The van der Waals surface area contributed by atoms with Gasteiger partial charge in [-0.3, -0.25) is 0 Å². The number of hydrogen-bond acceptors (Lipinski definition) is 3. The van der Waals surface area contributed by atoms with Crippen molar-refractivity contribution in [1.82, 2.24) is 19.6 Å². The zero-order valence-electron chi connectivity index (χ0n) is 20.0. The van der Waals surface area contributed by atoms with Gasteiger partial charge < -0.3 is 0 Å². The highest BCUT2D eigenvalue weighted by Gasteiger charge is 2.20. The summed E-state index contributed by atoms with van der Waals surface area (Å²) in [5.74, 6) is 0.691. The van der Waals surface area contributed by atoms with E-state index in [0.29, 0.717) is 5.82 Å². The van der Waals surface area contributed by atoms with Gasteiger partial charge in [0.2, 0.25) is 0 Å². The number of rotatable bonds is 4. The lowest BCUT2D eigenvalue weighted by Gasteiger charge is -2.10. The quantitative estimate of drug-likeness (QED) is 0.260. The van der Waals surface area contributed by atoms with Crippen LogP contribution in [0.25, 0.3) is 61.4 Å². The molecule has 0 bridgehead atoms. The van der Waals surface area contributed by atoms with Crippen LogP contribution in [0, 0.1) is 0 Å². The number of fused-ring (bicyclic) bond motifs is 2. The summed E-state index contributed by atoms with van der Waals surface area (Å²) in [6.07, 6.45) is 2.10. The average Bonchev–Trinajstić information content (AvgIpc) is 3.35. The Balaban J connectivity index is 1.56. The molecule has 7 rings (SSSR count). The normalized spacial score (nSPS) is 11.2. The first-order valence-electron chi connectivity index (χ1n) is 12.3. The summed E-state index contributed by atoms with van der Waals surface area (Å²) in [6.45, 7) is 0. The third kappa shape index (κ3) is 3.85. The van der Waals surface area contributed by atoms with Crippen LogP contribution < -0.4 is 0 Å². The van der Waals surface area contributed by atoms with Crippen LogP contribution >= 0.6 is 0 Å². The zero-order valence-corrected chi connectivity index (χ0v) is 20.0. The summed E-state index contributed by atoms with van der Waals surface area (Å²) in [7, 11) is 0. The summed E-state index contributed by atoms with van der Waals surface area (Å²) >= 11 is 0. The number of benzene rings is 4. The Bertz CT molecular complexity index is 1800. The van der Waals surface area contributed by atoms with Crippen molar-refractivity contribution in [1.29, 1.82) is 0 Å². The number of nitrogens with zero attached hydrogens (tertiary/aromatic N) is 4. The standard InChI is InChI=1S/C33H22N4/c1-4-12-23(13-5-1)28-21-29(35-33(34-28)25-16-8-3-9-17-25)31-30-20-26-18-10-11-19-27(26)22-37(30)36-32(31)24-14-6-2-7-15-24/h1-22H. The highest BCUT2D eigenvalue weighted by molar-refractivity contribution is 5.96. The Labute approximate surface area is 214 Å². The molecule has 4 heteroatoms. The van der Waals surface area contributed by atoms with Gasteiger partial charge in [0.15, 0.2) is 5.82 Å². The third-order valence-corrected chi connectivity index (χ3v) is 6.63. The fraction of sp³-hybridized carbons (Fsp3) is 0. The molecule has 0 aliphatic carbocycles. The zero-order chi connectivity index (χ0) is 24.6. The first kappa shape index (κ1) is 21.2. The molecule has 0 aliphatic heterocycles. The highest BCUT2D eigenvalue weighted by atomic mass is 15.2. The van der Waals surface area contributed by atoms with E-state index in [0.717, 1.165) is 55.6 Å². The van der Waals surface area contributed by atoms with Gasteiger partial charge in [-0.15, -0.1) is 0 Å². The molecule has 3 aromatic heterocycles. The molecular weight excluding hydrogens is 452 g/mol. The van der Waals surface area contributed by atoms with E-state index in [1.165, 1.54) is 0 Å². The molecule has 0 atom stereocenters. The van der Waals surface area contributed by atoms with Crippen molar-refractivity contribution in [2.45, 2.75) is 0 Å². The van der Waals surface area contributed by atoms with Gasteiger partial charge in [-0.05, 0) is 17.5 Å². The van der Waals surface area contributed by atoms with Crippen LogP contribution in [0.15, 0.2) is 134 Å². The Hall–Kier alpha value is -5.09. The van der Waals surface area contributed by atoms with Crippen molar-refractivity contribution in [2.75, 3.05) is 0 Å². The molecule has 37 heavy (non-hydrogen) atoms. The summed E-state index contributed by atoms with van der Waals surface area (Å²) in [5, 5.41) is 7.37. The molecule has 0 N–H and O–H groups in total. The molecule has 0 radical (unpaired) electrons. The van der Waals surface area contributed by atoms with E-state index in [1.807, 2.05) is 59.1 Å². The predicted octanol–water partition coefficient (Wildman–Crippen LogP) is 7.95. The van der Waals surface area contributed by atoms with E-state index < -0.39 is 0 Å². The first-order valence-corrected chi connectivity index (χ1v) is 12.3. The lowest BCUT2D eigenvalue weighted by atomic mass is 10.0. The van der Waals surface area contributed by atoms with Crippen molar-refractivity contribution in [3.63, 3.8) is 0 Å². The largest absolute Gasteiger partial charge is 0.239 e. The molecule has 0 spiro atoms. The van der Waals surface area contributed by atoms with Crippen LogP contribution in [0.4, 0.5) is 0 Å². The summed E-state index contributed by atoms with van der Waals surface area (Å²) in [5.41, 5.74) is 7.69. The van der Waals surface area contributed by atoms with Crippen LogP contribution in [-0.4, -0.2) is 19.6 Å². The van der Waals surface area contributed by atoms with E-state index in [1.54, 1.807) is 0 Å². The predicted molar refractivity (Wildman–Crippen MR) is 150 cm³/mol. The van der Waals surface area contributed by atoms with E-state index in [9.17, 15) is 0 Å². The molecule has 0 amide bonds. The summed E-state index contributed by atoms with van der Waals surface area (Å²) in [4.78, 5) is 10.1. The Kier molecular flexibility index (Phi) is 5.07. The molecule has 0 saturated heterocycles. The molecule has 7 aromatic rings. The second-order valence-corrected chi connectivity index (χ2v) is 9.02. The molecule has 0 saturated carbocycles. The molecule has 174 valence electrons. The maximum Gasteiger partial charge on any atom is 0.160 e. The van der Waals surface area contributed by atoms with Crippen molar-refractivity contribution in [2.24, 2.45) is 0 Å². The molecule has 0 fully saturated rings. The molecule has 4 nitrogen and oxygen atoms in total. The van der Waals surface area contributed by atoms with Crippen LogP contribution in [0.2, 0.25) is 0 Å². The minimum absolute atomic E-state index is 0.691. The van der Waals surface area contributed by atoms with Crippen molar-refractivity contribution >= 4 is 16.3 Å². The van der Waals surface area contributed by atoms with Crippen molar-refractivity contribution in [3.05, 3.63) is 134 Å². The number of hydrogen-bond donors (Lipinski definition) is 0. The van der Waals surface area contributed by atoms with Gasteiger partial charge in [-0.25, -0.2) is 14.5 Å². The fourth-order valence-corrected chi connectivity index (χ4v) is 4.82. The topological polar surface area (TPSA) is 43.1 Å². The van der Waals surface area contributed by atoms with Gasteiger partial charge >= 0.3 is 0 Å². The van der Waals surface area contributed by atoms with Crippen molar-refractivity contribution in [3.8, 4) is 45.2 Å². The van der Waals surface area contributed by atoms with Crippen molar-refractivity contribution < 1.29 is 0 Å². The lowest BCUT2D eigenvalue weighted by Crippen LogP contribution is -1.96. The highest BCUT2D eigenvalue weighted by Crippen LogP contribution is 2.37. The fourth-order valence-electron chi connectivity index (χ4n) is 4.82. The first-order chi connectivity index (χ1) is 18.3. The van der Waals surface area contributed by atoms with E-state index in [2.05, 4.69) is 79.0 Å². The SMILES string of the molecule is c1ccc(-c2cc(-c3c(-c4ccccc4)nn4cc5ccccc5cc34)nc(-c3ccccc3)n2)cc1. The molecular formula is C33H22N4. The van der Waals surface area contributed by atoms with Crippen LogP contribution in [0.1, 0.15) is 0 Å². The molecule has 4 aromatic carbocycles. The second-order valence-electron chi connectivity index (χ2n) is 9.02. The monoisotopic (exact) mass is 474 g/mol. The van der Waals surface area contributed by atoms with Gasteiger partial charge in [0.1, 0.15) is 5.69 Å². The lowest BCUT2D eigenvalue weighted by molar-refractivity contribution is 0.974. The molecule has 3 heterocycles. The molecule has 0 unspecified atom stereocenters. The number of pyridine rings is 1. The number of aromatic nitrogens is 4. The van der Waals surface area contributed by atoms with Crippen LogP contribution in [-0.2, 0) is 0 Å². The third-order valence-electron chi connectivity index (χ3n) is 6.63. The maximum absolute atomic E-state index is 5.12. The molecule has 0 aliphatic rings. The Morgan fingerprint density at radius 2 is 1.05 bits per heavy atom. The summed E-state index contributed by atoms with van der Waals surface area (Å²) in [6, 6.07) is 43.4. The van der Waals surface area contributed by atoms with E-state index in [-0.39, 0.29) is 0 Å². The van der Waals surface area contributed by atoms with Gasteiger partial charge in [-0.1, -0.05) is 115 Å². The van der Waals surface area contributed by atoms with E-state index >= 15 is 0 Å².